The van der Waals surface area contributed by atoms with Crippen LogP contribution in [0.5, 0.6) is 0 Å². The smallest absolute Gasteiger partial charge is 0.250 e. The highest BCUT2D eigenvalue weighted by Gasteiger charge is 2.20. The molecule has 0 amide bonds. The Balaban J connectivity index is 1.86. The quantitative estimate of drug-likeness (QED) is 0.431. The van der Waals surface area contributed by atoms with Gasteiger partial charge in [-0.25, -0.2) is 9.98 Å². The van der Waals surface area contributed by atoms with Gasteiger partial charge in [0.05, 0.1) is 11.3 Å². The van der Waals surface area contributed by atoms with Crippen molar-refractivity contribution in [1.29, 1.82) is 0 Å². The van der Waals surface area contributed by atoms with Crippen molar-refractivity contribution in [3.05, 3.63) is 53.3 Å². The summed E-state index contributed by atoms with van der Waals surface area (Å²) in [5, 5.41) is 17.8. The first-order valence-electron chi connectivity index (χ1n) is 8.17. The summed E-state index contributed by atoms with van der Waals surface area (Å²) in [5.74, 6) is 0.849. The lowest BCUT2D eigenvalue weighted by atomic mass is 10.1. The number of nitrogens with one attached hydrogen (secondary N) is 2. The Bertz CT molecular complexity index is 910. The summed E-state index contributed by atoms with van der Waals surface area (Å²) in [7, 11) is 0. The molecule has 26 heavy (non-hydrogen) atoms. The second-order valence-corrected chi connectivity index (χ2v) is 6.37. The standard InChI is InChI=1S/C18H20N6OS/c1-4-12-7-5-6-8-13(12)21-16(25)15-11(2)24-26-17(15)22-14-9-10-20-18(19-3)23-14/h5-10,16,21,25H,3-4H2,1-2H3,(H,20,22,23). The molecule has 0 saturated carbocycles. The molecule has 0 aliphatic heterocycles. The Kier molecular flexibility index (Phi) is 5.55. The van der Waals surface area contributed by atoms with E-state index >= 15 is 0 Å². The number of benzene rings is 1. The van der Waals surface area contributed by atoms with E-state index in [9.17, 15) is 5.11 Å². The van der Waals surface area contributed by atoms with Crippen molar-refractivity contribution < 1.29 is 5.11 Å². The van der Waals surface area contributed by atoms with Crippen molar-refractivity contribution >= 4 is 40.7 Å². The number of aliphatic hydroxyl groups is 1. The molecule has 7 nitrogen and oxygen atoms in total. The first kappa shape index (κ1) is 18.0. The van der Waals surface area contributed by atoms with E-state index in [1.54, 1.807) is 12.3 Å². The highest BCUT2D eigenvalue weighted by Crippen LogP contribution is 2.33. The van der Waals surface area contributed by atoms with Gasteiger partial charge in [0.1, 0.15) is 10.8 Å². The lowest BCUT2D eigenvalue weighted by Crippen LogP contribution is -2.13. The molecule has 0 aliphatic rings. The number of aliphatic hydroxyl groups excluding tert-OH is 1. The van der Waals surface area contributed by atoms with E-state index in [4.69, 9.17) is 0 Å². The van der Waals surface area contributed by atoms with Crippen LogP contribution in [-0.4, -0.2) is 26.2 Å². The maximum atomic E-state index is 10.8. The van der Waals surface area contributed by atoms with Gasteiger partial charge in [-0.3, -0.25) is 0 Å². The SMILES string of the molecule is C=Nc1nccc(Nc2snc(C)c2C(O)Nc2ccccc2CC)n1. The molecule has 0 aliphatic carbocycles. The minimum atomic E-state index is -0.900. The van der Waals surface area contributed by atoms with Gasteiger partial charge in [-0.15, -0.1) is 0 Å². The fraction of sp³-hybridized carbons (Fsp3) is 0.222. The van der Waals surface area contributed by atoms with Gasteiger partial charge in [0.2, 0.25) is 0 Å². The topological polar surface area (TPSA) is 95.3 Å². The molecule has 0 fully saturated rings. The third kappa shape index (κ3) is 3.87. The summed E-state index contributed by atoms with van der Waals surface area (Å²) in [6, 6.07) is 9.64. The molecule has 3 aromatic rings. The van der Waals surface area contributed by atoms with Crippen LogP contribution in [0.1, 0.15) is 30.0 Å². The summed E-state index contributed by atoms with van der Waals surface area (Å²) >= 11 is 1.27. The second-order valence-electron chi connectivity index (χ2n) is 5.59. The average molecular weight is 368 g/mol. The summed E-state index contributed by atoms with van der Waals surface area (Å²) in [5.41, 5.74) is 3.48. The molecule has 1 aromatic carbocycles. The van der Waals surface area contributed by atoms with Gasteiger partial charge in [-0.1, -0.05) is 25.1 Å². The van der Waals surface area contributed by atoms with Crippen LogP contribution < -0.4 is 10.6 Å². The zero-order valence-corrected chi connectivity index (χ0v) is 15.4. The van der Waals surface area contributed by atoms with Gasteiger partial charge < -0.3 is 15.7 Å². The fourth-order valence-electron chi connectivity index (χ4n) is 2.59. The molecule has 0 radical (unpaired) electrons. The Hall–Kier alpha value is -2.84. The van der Waals surface area contributed by atoms with Crippen molar-refractivity contribution in [2.24, 2.45) is 4.99 Å². The average Bonchev–Trinajstić information content (AvgIpc) is 3.02. The molecule has 8 heteroatoms. The molecule has 1 unspecified atom stereocenters. The highest BCUT2D eigenvalue weighted by atomic mass is 32.1. The number of rotatable bonds is 7. The van der Waals surface area contributed by atoms with E-state index < -0.39 is 6.23 Å². The van der Waals surface area contributed by atoms with Crippen molar-refractivity contribution in [2.75, 3.05) is 10.6 Å². The van der Waals surface area contributed by atoms with Crippen molar-refractivity contribution in [3.63, 3.8) is 0 Å². The molecule has 0 saturated heterocycles. The molecule has 2 aromatic heterocycles. The minimum Gasteiger partial charge on any atom is -0.369 e. The molecule has 3 N–H and O–H groups in total. The molecule has 1 atom stereocenters. The third-order valence-corrected chi connectivity index (χ3v) is 4.77. The van der Waals surface area contributed by atoms with Gasteiger partial charge >= 0.3 is 0 Å². The van der Waals surface area contributed by atoms with Gasteiger partial charge in [-0.05, 0) is 49.3 Å². The monoisotopic (exact) mass is 368 g/mol. The largest absolute Gasteiger partial charge is 0.369 e. The number of aryl methyl sites for hydroxylation is 2. The number of aliphatic imine (C=N–C) groups is 1. The predicted octanol–water partition coefficient (Wildman–Crippen LogP) is 3.98. The summed E-state index contributed by atoms with van der Waals surface area (Å²) < 4.78 is 4.36. The van der Waals surface area contributed by atoms with Crippen LogP contribution in [0.25, 0.3) is 0 Å². The maximum absolute atomic E-state index is 10.8. The maximum Gasteiger partial charge on any atom is 0.250 e. The molecule has 0 spiro atoms. The van der Waals surface area contributed by atoms with Crippen LogP contribution in [0.2, 0.25) is 0 Å². The van der Waals surface area contributed by atoms with Crippen LogP contribution in [0, 0.1) is 6.92 Å². The van der Waals surface area contributed by atoms with Crippen LogP contribution in [-0.2, 0) is 6.42 Å². The highest BCUT2D eigenvalue weighted by molar-refractivity contribution is 7.10. The van der Waals surface area contributed by atoms with E-state index in [1.807, 2.05) is 31.2 Å². The molecule has 2 heterocycles. The normalized spacial score (nSPS) is 11.8. The summed E-state index contributed by atoms with van der Waals surface area (Å²) in [4.78, 5) is 11.9. The Morgan fingerprint density at radius 3 is 2.88 bits per heavy atom. The van der Waals surface area contributed by atoms with Crippen molar-refractivity contribution in [1.82, 2.24) is 14.3 Å². The van der Waals surface area contributed by atoms with Gasteiger partial charge in [0.25, 0.3) is 5.95 Å². The van der Waals surface area contributed by atoms with Gasteiger partial charge in [0.15, 0.2) is 6.23 Å². The summed E-state index contributed by atoms with van der Waals surface area (Å²) in [6.07, 6.45) is 1.57. The number of para-hydroxylation sites is 1. The zero-order chi connectivity index (χ0) is 18.5. The number of nitrogens with zero attached hydrogens (tertiary/aromatic N) is 4. The lowest BCUT2D eigenvalue weighted by molar-refractivity contribution is 0.208. The second kappa shape index (κ2) is 8.03. The minimum absolute atomic E-state index is 0.285. The summed E-state index contributed by atoms with van der Waals surface area (Å²) in [6.45, 7) is 7.38. The number of hydrogen-bond donors (Lipinski definition) is 3. The fourth-order valence-corrected chi connectivity index (χ4v) is 3.42. The zero-order valence-electron chi connectivity index (χ0n) is 14.6. The first-order valence-corrected chi connectivity index (χ1v) is 8.95. The van der Waals surface area contributed by atoms with Gasteiger partial charge in [-0.2, -0.15) is 9.36 Å². The van der Waals surface area contributed by atoms with Crippen LogP contribution in [0.3, 0.4) is 0 Å². The Morgan fingerprint density at radius 2 is 2.12 bits per heavy atom. The third-order valence-electron chi connectivity index (χ3n) is 3.90. The molecular formula is C18H20N6OS. The van der Waals surface area contributed by atoms with E-state index in [-0.39, 0.29) is 5.95 Å². The Labute approximate surface area is 156 Å². The first-order chi connectivity index (χ1) is 12.6. The van der Waals surface area contributed by atoms with Gasteiger partial charge in [0, 0.05) is 11.9 Å². The number of hydrogen-bond acceptors (Lipinski definition) is 8. The molecule has 134 valence electrons. The van der Waals surface area contributed by atoms with Crippen molar-refractivity contribution in [3.8, 4) is 0 Å². The predicted molar refractivity (Wildman–Crippen MR) is 106 cm³/mol. The van der Waals surface area contributed by atoms with Crippen LogP contribution >= 0.6 is 11.5 Å². The lowest BCUT2D eigenvalue weighted by Gasteiger charge is -2.18. The van der Waals surface area contributed by atoms with E-state index in [0.29, 0.717) is 16.4 Å². The molecule has 3 rings (SSSR count). The van der Waals surface area contributed by atoms with E-state index in [0.717, 1.165) is 23.4 Å². The van der Waals surface area contributed by atoms with E-state index in [1.165, 1.54) is 11.5 Å². The number of aromatic nitrogens is 3. The van der Waals surface area contributed by atoms with Crippen LogP contribution in [0.4, 0.5) is 22.5 Å². The Morgan fingerprint density at radius 1 is 1.31 bits per heavy atom. The molecular weight excluding hydrogens is 348 g/mol. The van der Waals surface area contributed by atoms with Crippen LogP contribution in [0.15, 0.2) is 41.5 Å². The van der Waals surface area contributed by atoms with E-state index in [2.05, 4.69) is 43.6 Å². The molecule has 0 bridgehead atoms. The van der Waals surface area contributed by atoms with Crippen molar-refractivity contribution in [2.45, 2.75) is 26.5 Å². The number of anilines is 3.